The maximum Gasteiger partial charge on any atom is 0.113 e. The van der Waals surface area contributed by atoms with Gasteiger partial charge >= 0.3 is 0 Å². The molecular weight excluding hydrogens is 258 g/mol. The van der Waals surface area contributed by atoms with Crippen LogP contribution in [-0.2, 0) is 13.1 Å². The van der Waals surface area contributed by atoms with Crippen LogP contribution in [0.4, 0.5) is 0 Å². The SMILES string of the molecule is CC(C)Cn1c(C2CCCC2C)nc2cc(CN)ccc21. The van der Waals surface area contributed by atoms with Crippen molar-refractivity contribution in [3.8, 4) is 0 Å². The van der Waals surface area contributed by atoms with Crippen molar-refractivity contribution in [2.24, 2.45) is 17.6 Å². The molecule has 114 valence electrons. The van der Waals surface area contributed by atoms with Crippen LogP contribution >= 0.6 is 0 Å². The third-order valence-electron chi connectivity index (χ3n) is 4.82. The Kier molecular flexibility index (Phi) is 4.03. The molecule has 0 aliphatic heterocycles. The van der Waals surface area contributed by atoms with Crippen LogP contribution in [0.5, 0.6) is 0 Å². The van der Waals surface area contributed by atoms with E-state index in [1.807, 2.05) is 0 Å². The van der Waals surface area contributed by atoms with Crippen LogP contribution in [0.3, 0.4) is 0 Å². The summed E-state index contributed by atoms with van der Waals surface area (Å²) in [6, 6.07) is 6.51. The second kappa shape index (κ2) is 5.80. The number of nitrogens with zero attached hydrogens (tertiary/aromatic N) is 2. The quantitative estimate of drug-likeness (QED) is 0.920. The highest BCUT2D eigenvalue weighted by atomic mass is 15.1. The Morgan fingerprint density at radius 3 is 2.76 bits per heavy atom. The molecule has 3 rings (SSSR count). The zero-order chi connectivity index (χ0) is 15.0. The normalized spacial score (nSPS) is 22.5. The lowest BCUT2D eigenvalue weighted by Gasteiger charge is -2.18. The van der Waals surface area contributed by atoms with Crippen LogP contribution < -0.4 is 5.73 Å². The molecule has 1 aromatic carbocycles. The van der Waals surface area contributed by atoms with Crippen molar-refractivity contribution < 1.29 is 0 Å². The molecule has 1 aromatic heterocycles. The fourth-order valence-corrected chi connectivity index (χ4v) is 3.69. The molecule has 2 unspecified atom stereocenters. The Bertz CT molecular complexity index is 627. The van der Waals surface area contributed by atoms with Crippen LogP contribution in [0, 0.1) is 11.8 Å². The summed E-state index contributed by atoms with van der Waals surface area (Å²) < 4.78 is 2.47. The zero-order valence-electron chi connectivity index (χ0n) is 13.5. The summed E-state index contributed by atoms with van der Waals surface area (Å²) in [5.74, 6) is 3.31. The minimum atomic E-state index is 0.585. The highest BCUT2D eigenvalue weighted by Crippen LogP contribution is 2.40. The average molecular weight is 285 g/mol. The first-order valence-electron chi connectivity index (χ1n) is 8.29. The Labute approximate surface area is 127 Å². The van der Waals surface area contributed by atoms with Crippen LogP contribution in [0.25, 0.3) is 11.0 Å². The first-order chi connectivity index (χ1) is 10.1. The van der Waals surface area contributed by atoms with Gasteiger partial charge in [-0.25, -0.2) is 4.98 Å². The molecule has 0 bridgehead atoms. The number of nitrogens with two attached hydrogens (primary N) is 1. The largest absolute Gasteiger partial charge is 0.327 e. The Morgan fingerprint density at radius 1 is 1.33 bits per heavy atom. The number of imidazole rings is 1. The standard InChI is InChI=1S/C18H27N3/c1-12(2)11-21-17-8-7-14(10-19)9-16(17)20-18(21)15-6-4-5-13(15)3/h7-9,12-13,15H,4-6,10-11,19H2,1-3H3. The lowest BCUT2D eigenvalue weighted by atomic mass is 9.97. The van der Waals surface area contributed by atoms with Gasteiger partial charge in [0, 0.05) is 19.0 Å². The Morgan fingerprint density at radius 2 is 2.14 bits per heavy atom. The monoisotopic (exact) mass is 285 g/mol. The molecule has 0 spiro atoms. The molecule has 0 radical (unpaired) electrons. The van der Waals surface area contributed by atoms with E-state index in [2.05, 4.69) is 43.5 Å². The molecule has 3 heteroatoms. The molecule has 1 heterocycles. The van der Waals surface area contributed by atoms with Crippen LogP contribution in [0.2, 0.25) is 0 Å². The van der Waals surface area contributed by atoms with Gasteiger partial charge in [-0.1, -0.05) is 33.3 Å². The van der Waals surface area contributed by atoms with Crippen molar-refractivity contribution in [2.45, 2.75) is 59.0 Å². The minimum Gasteiger partial charge on any atom is -0.327 e. The number of hydrogen-bond donors (Lipinski definition) is 1. The first kappa shape index (κ1) is 14.6. The molecule has 2 aromatic rings. The molecule has 1 aliphatic rings. The third-order valence-corrected chi connectivity index (χ3v) is 4.82. The number of benzene rings is 1. The molecule has 21 heavy (non-hydrogen) atoms. The Balaban J connectivity index is 2.12. The fraction of sp³-hybridized carbons (Fsp3) is 0.611. The second-order valence-corrected chi connectivity index (χ2v) is 7.02. The number of rotatable bonds is 4. The van der Waals surface area contributed by atoms with Gasteiger partial charge in [-0.2, -0.15) is 0 Å². The minimum absolute atomic E-state index is 0.585. The van der Waals surface area contributed by atoms with Gasteiger partial charge in [0.25, 0.3) is 0 Å². The topological polar surface area (TPSA) is 43.8 Å². The average Bonchev–Trinajstić information content (AvgIpc) is 3.02. The van der Waals surface area contributed by atoms with Crippen molar-refractivity contribution >= 4 is 11.0 Å². The van der Waals surface area contributed by atoms with Crippen molar-refractivity contribution in [1.29, 1.82) is 0 Å². The van der Waals surface area contributed by atoms with Gasteiger partial charge in [0.1, 0.15) is 5.82 Å². The maximum absolute atomic E-state index is 5.78. The summed E-state index contributed by atoms with van der Waals surface area (Å²) >= 11 is 0. The van der Waals surface area contributed by atoms with Gasteiger partial charge in [-0.15, -0.1) is 0 Å². The van der Waals surface area contributed by atoms with E-state index in [1.165, 1.54) is 36.2 Å². The van der Waals surface area contributed by atoms with Crippen molar-refractivity contribution in [1.82, 2.24) is 9.55 Å². The van der Waals surface area contributed by atoms with E-state index < -0.39 is 0 Å². The van der Waals surface area contributed by atoms with Crippen molar-refractivity contribution in [2.75, 3.05) is 0 Å². The van der Waals surface area contributed by atoms with E-state index in [9.17, 15) is 0 Å². The summed E-state index contributed by atoms with van der Waals surface area (Å²) in [6.45, 7) is 8.57. The molecule has 1 aliphatic carbocycles. The van der Waals surface area contributed by atoms with Gasteiger partial charge in [-0.05, 0) is 42.4 Å². The molecule has 2 atom stereocenters. The number of fused-ring (bicyclic) bond motifs is 1. The highest BCUT2D eigenvalue weighted by molar-refractivity contribution is 5.77. The smallest absolute Gasteiger partial charge is 0.113 e. The van der Waals surface area contributed by atoms with Crippen molar-refractivity contribution in [3.63, 3.8) is 0 Å². The zero-order valence-corrected chi connectivity index (χ0v) is 13.5. The summed E-state index contributed by atoms with van der Waals surface area (Å²) in [4.78, 5) is 5.01. The van der Waals surface area contributed by atoms with Gasteiger partial charge < -0.3 is 10.3 Å². The van der Waals surface area contributed by atoms with Gasteiger partial charge in [0.05, 0.1) is 11.0 Å². The first-order valence-corrected chi connectivity index (χ1v) is 8.29. The predicted octanol–water partition coefficient (Wildman–Crippen LogP) is 4.05. The third kappa shape index (κ3) is 2.71. The maximum atomic E-state index is 5.78. The predicted molar refractivity (Wildman–Crippen MR) is 88.2 cm³/mol. The molecule has 0 amide bonds. The summed E-state index contributed by atoms with van der Waals surface area (Å²) in [7, 11) is 0. The molecule has 2 N–H and O–H groups in total. The molecule has 1 saturated carbocycles. The van der Waals surface area contributed by atoms with E-state index in [-0.39, 0.29) is 0 Å². The van der Waals surface area contributed by atoms with Crippen LogP contribution in [-0.4, -0.2) is 9.55 Å². The lowest BCUT2D eigenvalue weighted by molar-refractivity contribution is 0.455. The molecule has 3 nitrogen and oxygen atoms in total. The summed E-state index contributed by atoms with van der Waals surface area (Å²) in [5.41, 5.74) is 9.34. The van der Waals surface area contributed by atoms with E-state index in [0.29, 0.717) is 18.4 Å². The number of hydrogen-bond acceptors (Lipinski definition) is 2. The van der Waals surface area contributed by atoms with E-state index in [1.54, 1.807) is 0 Å². The highest BCUT2D eigenvalue weighted by Gasteiger charge is 2.29. The van der Waals surface area contributed by atoms with Crippen molar-refractivity contribution in [3.05, 3.63) is 29.6 Å². The van der Waals surface area contributed by atoms with Gasteiger partial charge in [0.15, 0.2) is 0 Å². The van der Waals surface area contributed by atoms with Gasteiger partial charge in [-0.3, -0.25) is 0 Å². The Hall–Kier alpha value is -1.35. The van der Waals surface area contributed by atoms with Crippen LogP contribution in [0.15, 0.2) is 18.2 Å². The van der Waals surface area contributed by atoms with E-state index in [4.69, 9.17) is 10.7 Å². The second-order valence-electron chi connectivity index (χ2n) is 7.02. The lowest BCUT2D eigenvalue weighted by Crippen LogP contribution is -2.14. The summed E-state index contributed by atoms with van der Waals surface area (Å²) in [5, 5.41) is 0. The molecule has 1 fully saturated rings. The van der Waals surface area contributed by atoms with Crippen LogP contribution in [0.1, 0.15) is 57.3 Å². The van der Waals surface area contributed by atoms with E-state index in [0.717, 1.165) is 18.0 Å². The van der Waals surface area contributed by atoms with Gasteiger partial charge in [0.2, 0.25) is 0 Å². The van der Waals surface area contributed by atoms with E-state index >= 15 is 0 Å². The summed E-state index contributed by atoms with van der Waals surface area (Å²) in [6.07, 6.45) is 3.96. The molecule has 0 saturated heterocycles. The fourth-order valence-electron chi connectivity index (χ4n) is 3.69. The molecular formula is C18H27N3. The number of aromatic nitrogens is 2.